The van der Waals surface area contributed by atoms with Gasteiger partial charge >= 0.3 is 0 Å². The van der Waals surface area contributed by atoms with Crippen molar-refractivity contribution in [1.29, 1.82) is 0 Å². The van der Waals surface area contributed by atoms with E-state index in [1.54, 1.807) is 6.07 Å². The second-order valence-corrected chi connectivity index (χ2v) is 4.78. The Hall–Kier alpha value is -1.16. The molecule has 4 heteroatoms. The maximum absolute atomic E-state index is 13.5. The molecule has 0 amide bonds. The maximum atomic E-state index is 13.5. The summed E-state index contributed by atoms with van der Waals surface area (Å²) >= 11 is 5.24. The highest BCUT2D eigenvalue weighted by molar-refractivity contribution is 7.71. The van der Waals surface area contributed by atoms with Crippen LogP contribution in [0.2, 0.25) is 0 Å². The van der Waals surface area contributed by atoms with Crippen LogP contribution < -0.4 is 0 Å². The van der Waals surface area contributed by atoms with E-state index in [0.717, 1.165) is 18.4 Å². The Labute approximate surface area is 91.7 Å². The molecule has 0 spiro atoms. The van der Waals surface area contributed by atoms with E-state index < -0.39 is 0 Å². The van der Waals surface area contributed by atoms with Gasteiger partial charge in [-0.3, -0.25) is 0 Å². The smallest absolute Gasteiger partial charge is 0.178 e. The number of nitrogens with one attached hydrogen (secondary N) is 1. The Bertz CT molecular complexity index is 592. The van der Waals surface area contributed by atoms with Gasteiger partial charge in [0.25, 0.3) is 0 Å². The van der Waals surface area contributed by atoms with E-state index in [1.807, 2.05) is 10.6 Å². The van der Waals surface area contributed by atoms with Gasteiger partial charge in [-0.25, -0.2) is 4.39 Å². The molecule has 78 valence electrons. The lowest BCUT2D eigenvalue weighted by atomic mass is 10.2. The monoisotopic (exact) mass is 222 g/mol. The van der Waals surface area contributed by atoms with Crippen LogP contribution in [0.5, 0.6) is 0 Å². The van der Waals surface area contributed by atoms with Crippen LogP contribution in [0, 0.1) is 10.6 Å². The Morgan fingerprint density at radius 2 is 2.20 bits per heavy atom. The summed E-state index contributed by atoms with van der Waals surface area (Å²) in [5.74, 6) is -0.235. The molecule has 0 atom stereocenters. The van der Waals surface area contributed by atoms with Crippen molar-refractivity contribution in [2.45, 2.75) is 25.3 Å². The van der Waals surface area contributed by atoms with Crippen molar-refractivity contribution in [1.82, 2.24) is 9.55 Å². The number of fused-ring (bicyclic) bond motifs is 1. The van der Waals surface area contributed by atoms with E-state index in [1.165, 1.54) is 6.07 Å². The number of hydrogen-bond donors (Lipinski definition) is 1. The Morgan fingerprint density at radius 1 is 1.47 bits per heavy atom. The van der Waals surface area contributed by atoms with Crippen LogP contribution in [-0.2, 0) is 5.54 Å². The van der Waals surface area contributed by atoms with Gasteiger partial charge in [0.05, 0.1) is 5.52 Å². The summed E-state index contributed by atoms with van der Waals surface area (Å²) in [5, 5.41) is 0. The lowest BCUT2D eigenvalue weighted by molar-refractivity contribution is 0.541. The fourth-order valence-corrected chi connectivity index (χ4v) is 2.46. The molecule has 1 aromatic heterocycles. The molecule has 0 unspecified atom stereocenters. The van der Waals surface area contributed by atoms with Gasteiger partial charge in [-0.1, -0.05) is 6.07 Å². The Morgan fingerprint density at radius 3 is 2.87 bits per heavy atom. The lowest BCUT2D eigenvalue weighted by Gasteiger charge is -2.11. The maximum Gasteiger partial charge on any atom is 0.178 e. The zero-order valence-electron chi connectivity index (χ0n) is 8.38. The first-order chi connectivity index (χ1) is 7.12. The van der Waals surface area contributed by atoms with Crippen molar-refractivity contribution in [2.24, 2.45) is 0 Å². The van der Waals surface area contributed by atoms with E-state index in [0.29, 0.717) is 10.3 Å². The molecular weight excluding hydrogens is 211 g/mol. The number of H-pyrrole nitrogens is 1. The number of benzene rings is 1. The van der Waals surface area contributed by atoms with E-state index >= 15 is 0 Å². The predicted octanol–water partition coefficient (Wildman–Crippen LogP) is 3.35. The molecule has 1 saturated carbocycles. The fraction of sp³-hybridized carbons (Fsp3) is 0.364. The summed E-state index contributed by atoms with van der Waals surface area (Å²) in [6, 6.07) is 5.09. The minimum Gasteiger partial charge on any atom is -0.328 e. The van der Waals surface area contributed by atoms with Crippen molar-refractivity contribution >= 4 is 23.3 Å². The van der Waals surface area contributed by atoms with Crippen LogP contribution in [0.3, 0.4) is 0 Å². The van der Waals surface area contributed by atoms with Crippen LogP contribution in [-0.4, -0.2) is 9.55 Å². The lowest BCUT2D eigenvalue weighted by Crippen LogP contribution is -2.11. The first kappa shape index (κ1) is 9.09. The van der Waals surface area contributed by atoms with Crippen LogP contribution in [0.4, 0.5) is 4.39 Å². The minimum atomic E-state index is -0.235. The van der Waals surface area contributed by atoms with E-state index in [2.05, 4.69) is 11.9 Å². The second-order valence-electron chi connectivity index (χ2n) is 4.40. The SMILES string of the molecule is CC1(n2c(=S)[nH]c3c(F)cccc32)CC1. The molecule has 1 aromatic carbocycles. The third-order valence-electron chi connectivity index (χ3n) is 3.18. The molecule has 1 aliphatic carbocycles. The fourth-order valence-electron chi connectivity index (χ4n) is 2.04. The van der Waals surface area contributed by atoms with Crippen LogP contribution >= 0.6 is 12.2 Å². The topological polar surface area (TPSA) is 20.7 Å². The highest BCUT2D eigenvalue weighted by Gasteiger charge is 2.40. The van der Waals surface area contributed by atoms with Crippen molar-refractivity contribution in [3.05, 3.63) is 28.8 Å². The number of rotatable bonds is 1. The predicted molar refractivity (Wildman–Crippen MR) is 60.0 cm³/mol. The number of imidazole rings is 1. The first-order valence-electron chi connectivity index (χ1n) is 5.02. The van der Waals surface area contributed by atoms with Gasteiger partial charge in [0.1, 0.15) is 11.3 Å². The highest BCUT2D eigenvalue weighted by atomic mass is 32.1. The number of halogens is 1. The number of nitrogens with zero attached hydrogens (tertiary/aromatic N) is 1. The van der Waals surface area contributed by atoms with Crippen molar-refractivity contribution in [2.75, 3.05) is 0 Å². The molecule has 0 bridgehead atoms. The first-order valence-corrected chi connectivity index (χ1v) is 5.42. The molecule has 15 heavy (non-hydrogen) atoms. The van der Waals surface area contributed by atoms with Gasteiger partial charge in [-0.15, -0.1) is 0 Å². The summed E-state index contributed by atoms with van der Waals surface area (Å²) in [6.07, 6.45) is 2.23. The summed E-state index contributed by atoms with van der Waals surface area (Å²) in [4.78, 5) is 2.94. The summed E-state index contributed by atoms with van der Waals surface area (Å²) in [7, 11) is 0. The quantitative estimate of drug-likeness (QED) is 0.734. The third kappa shape index (κ3) is 1.17. The van der Waals surface area contributed by atoms with Gasteiger partial charge in [0.15, 0.2) is 4.77 Å². The van der Waals surface area contributed by atoms with Gasteiger partial charge < -0.3 is 9.55 Å². The molecule has 0 aliphatic heterocycles. The molecule has 1 fully saturated rings. The Kier molecular flexibility index (Phi) is 1.63. The number of para-hydroxylation sites is 1. The molecule has 1 aliphatic rings. The average molecular weight is 222 g/mol. The molecule has 1 N–H and O–H groups in total. The summed E-state index contributed by atoms with van der Waals surface area (Å²) < 4.78 is 16.2. The molecule has 3 rings (SSSR count). The number of aromatic amines is 1. The number of hydrogen-bond acceptors (Lipinski definition) is 1. The molecule has 2 aromatic rings. The molecule has 0 radical (unpaired) electrons. The Balaban J connectivity index is 2.43. The number of aromatic nitrogens is 2. The van der Waals surface area contributed by atoms with E-state index in [9.17, 15) is 4.39 Å². The van der Waals surface area contributed by atoms with Gasteiger partial charge in [0.2, 0.25) is 0 Å². The summed E-state index contributed by atoms with van der Waals surface area (Å²) in [5.41, 5.74) is 1.50. The van der Waals surface area contributed by atoms with Crippen LogP contribution in [0.1, 0.15) is 19.8 Å². The standard InChI is InChI=1S/C11H11FN2S/c1-11(5-6-11)14-8-4-2-3-7(12)9(8)13-10(14)15/h2-4H,5-6H2,1H3,(H,13,15). The van der Waals surface area contributed by atoms with Crippen molar-refractivity contribution in [3.8, 4) is 0 Å². The van der Waals surface area contributed by atoms with Crippen molar-refractivity contribution < 1.29 is 4.39 Å². The zero-order chi connectivity index (χ0) is 10.6. The molecular formula is C11H11FN2S. The largest absolute Gasteiger partial charge is 0.328 e. The second kappa shape index (κ2) is 2.70. The third-order valence-corrected chi connectivity index (χ3v) is 3.47. The van der Waals surface area contributed by atoms with Gasteiger partial charge in [-0.2, -0.15) is 0 Å². The highest BCUT2D eigenvalue weighted by Crippen LogP contribution is 2.44. The van der Waals surface area contributed by atoms with Gasteiger partial charge in [0, 0.05) is 5.54 Å². The van der Waals surface area contributed by atoms with Crippen LogP contribution in [0.25, 0.3) is 11.0 Å². The minimum absolute atomic E-state index is 0.100. The molecule has 1 heterocycles. The molecule has 0 saturated heterocycles. The van der Waals surface area contributed by atoms with E-state index in [-0.39, 0.29) is 11.4 Å². The normalized spacial score (nSPS) is 18.3. The summed E-state index contributed by atoms with van der Waals surface area (Å²) in [6.45, 7) is 2.15. The van der Waals surface area contributed by atoms with Crippen molar-refractivity contribution in [3.63, 3.8) is 0 Å². The average Bonchev–Trinajstić information content (AvgIpc) is 2.80. The van der Waals surface area contributed by atoms with Gasteiger partial charge in [-0.05, 0) is 44.1 Å². The van der Waals surface area contributed by atoms with Crippen LogP contribution in [0.15, 0.2) is 18.2 Å². The molecule has 2 nitrogen and oxygen atoms in total. The van der Waals surface area contributed by atoms with E-state index in [4.69, 9.17) is 12.2 Å². The zero-order valence-corrected chi connectivity index (χ0v) is 9.20.